The number of nitrogens with zero attached hydrogens (tertiary/aromatic N) is 2. The number of anilines is 1. The predicted octanol–water partition coefficient (Wildman–Crippen LogP) is 2.92. The van der Waals surface area contributed by atoms with Crippen LogP contribution in [0.4, 0.5) is 5.82 Å². The summed E-state index contributed by atoms with van der Waals surface area (Å²) in [5.41, 5.74) is 3.56. The summed E-state index contributed by atoms with van der Waals surface area (Å²) in [5, 5.41) is 8.07. The van der Waals surface area contributed by atoms with Gasteiger partial charge in [-0.3, -0.25) is 14.3 Å². The molecule has 0 radical (unpaired) electrons. The number of hydrogen-bond donors (Lipinski definition) is 2. The Bertz CT molecular complexity index is 1030. The Morgan fingerprint density at radius 2 is 2.08 bits per heavy atom. The maximum atomic E-state index is 12.5. The third kappa shape index (κ3) is 2.54. The van der Waals surface area contributed by atoms with Crippen LogP contribution >= 0.6 is 0 Å². The maximum Gasteiger partial charge on any atom is 0.226 e. The maximum absolute atomic E-state index is 12.5. The summed E-state index contributed by atoms with van der Waals surface area (Å²) in [6, 6.07) is 9.05. The van der Waals surface area contributed by atoms with Crippen LogP contribution in [0.25, 0.3) is 10.9 Å². The van der Waals surface area contributed by atoms with Gasteiger partial charge in [-0.2, -0.15) is 5.10 Å². The first kappa shape index (κ1) is 15.6. The lowest BCUT2D eigenvalue weighted by atomic mass is 9.88. The molecule has 0 aliphatic carbocycles. The first-order valence-electron chi connectivity index (χ1n) is 8.57. The van der Waals surface area contributed by atoms with Gasteiger partial charge in [0.15, 0.2) is 11.2 Å². The quantitative estimate of drug-likeness (QED) is 0.772. The third-order valence-electron chi connectivity index (χ3n) is 4.82. The summed E-state index contributed by atoms with van der Waals surface area (Å²) in [4.78, 5) is 28.0. The van der Waals surface area contributed by atoms with E-state index in [4.69, 9.17) is 0 Å². The number of carbonyl (C=O) groups is 1. The molecule has 6 nitrogen and oxygen atoms in total. The van der Waals surface area contributed by atoms with Gasteiger partial charge >= 0.3 is 0 Å². The molecule has 25 heavy (non-hydrogen) atoms. The highest BCUT2D eigenvalue weighted by molar-refractivity contribution is 5.94. The number of pyridine rings is 1. The van der Waals surface area contributed by atoms with Crippen molar-refractivity contribution in [3.8, 4) is 0 Å². The van der Waals surface area contributed by atoms with E-state index in [0.717, 1.165) is 35.4 Å². The van der Waals surface area contributed by atoms with Gasteiger partial charge < -0.3 is 10.3 Å². The molecule has 2 aromatic heterocycles. The van der Waals surface area contributed by atoms with Crippen LogP contribution in [0.5, 0.6) is 0 Å². The zero-order chi connectivity index (χ0) is 17.6. The van der Waals surface area contributed by atoms with Gasteiger partial charge in [0.2, 0.25) is 5.91 Å². The van der Waals surface area contributed by atoms with E-state index in [1.807, 2.05) is 35.9 Å². The van der Waals surface area contributed by atoms with Gasteiger partial charge in [0.25, 0.3) is 0 Å². The Kier molecular flexibility index (Phi) is 3.67. The van der Waals surface area contributed by atoms with Crippen molar-refractivity contribution in [1.29, 1.82) is 0 Å². The van der Waals surface area contributed by atoms with E-state index in [9.17, 15) is 9.59 Å². The first-order chi connectivity index (χ1) is 12.1. The van der Waals surface area contributed by atoms with E-state index in [-0.39, 0.29) is 17.3 Å². The number of benzene rings is 1. The number of aromatic amines is 1. The molecule has 128 valence electrons. The number of amides is 1. The third-order valence-corrected chi connectivity index (χ3v) is 4.82. The number of aromatic nitrogens is 3. The van der Waals surface area contributed by atoms with E-state index < -0.39 is 0 Å². The standard InChI is InChI=1S/C19H20N4O2/c1-3-8-23-11(2)18-13(9-17(25)21-19(18)22-23)15-10-16(24)12-6-4-5-7-14(12)20-15/h4-7,10,13H,3,8-9H2,1-2H3,(H,20,24)(H,21,22,25)/t13-/m0/s1. The molecule has 1 atom stereocenters. The van der Waals surface area contributed by atoms with Crippen LogP contribution < -0.4 is 10.7 Å². The molecule has 3 aromatic rings. The van der Waals surface area contributed by atoms with Crippen molar-refractivity contribution in [2.24, 2.45) is 0 Å². The summed E-state index contributed by atoms with van der Waals surface area (Å²) >= 11 is 0. The molecule has 3 heterocycles. The molecule has 1 aliphatic heterocycles. The number of carbonyl (C=O) groups excluding carboxylic acids is 1. The molecule has 0 unspecified atom stereocenters. The molecule has 0 saturated heterocycles. The fourth-order valence-corrected chi connectivity index (χ4v) is 3.64. The van der Waals surface area contributed by atoms with Crippen LogP contribution in [0.2, 0.25) is 0 Å². The molecule has 1 amide bonds. The molecule has 0 fully saturated rings. The zero-order valence-electron chi connectivity index (χ0n) is 14.3. The molecule has 2 N–H and O–H groups in total. The number of para-hydroxylation sites is 1. The number of rotatable bonds is 3. The van der Waals surface area contributed by atoms with Crippen molar-refractivity contribution < 1.29 is 4.79 Å². The molecule has 0 saturated carbocycles. The molecule has 4 rings (SSSR count). The van der Waals surface area contributed by atoms with Crippen LogP contribution in [-0.2, 0) is 11.3 Å². The van der Waals surface area contributed by atoms with Crippen LogP contribution in [0, 0.1) is 6.92 Å². The lowest BCUT2D eigenvalue weighted by Gasteiger charge is -2.23. The lowest BCUT2D eigenvalue weighted by molar-refractivity contribution is -0.116. The Balaban J connectivity index is 1.89. The minimum absolute atomic E-state index is 0.0320. The van der Waals surface area contributed by atoms with E-state index >= 15 is 0 Å². The molecule has 1 aromatic carbocycles. The summed E-state index contributed by atoms with van der Waals surface area (Å²) in [6.07, 6.45) is 1.27. The van der Waals surface area contributed by atoms with Gasteiger partial charge in [0.1, 0.15) is 0 Å². The van der Waals surface area contributed by atoms with Crippen molar-refractivity contribution in [1.82, 2.24) is 14.8 Å². The zero-order valence-corrected chi connectivity index (χ0v) is 14.3. The second-order valence-corrected chi connectivity index (χ2v) is 6.51. The topological polar surface area (TPSA) is 79.8 Å². The minimum Gasteiger partial charge on any atom is -0.358 e. The first-order valence-corrected chi connectivity index (χ1v) is 8.57. The largest absolute Gasteiger partial charge is 0.358 e. The van der Waals surface area contributed by atoms with Crippen LogP contribution in [0.1, 0.15) is 42.6 Å². The average Bonchev–Trinajstić information content (AvgIpc) is 2.90. The number of hydrogen-bond acceptors (Lipinski definition) is 3. The fourth-order valence-electron chi connectivity index (χ4n) is 3.64. The van der Waals surface area contributed by atoms with Gasteiger partial charge in [0.05, 0.1) is 0 Å². The van der Waals surface area contributed by atoms with Gasteiger partial charge in [-0.1, -0.05) is 19.1 Å². The summed E-state index contributed by atoms with van der Waals surface area (Å²) in [6.45, 7) is 4.91. The van der Waals surface area contributed by atoms with E-state index in [0.29, 0.717) is 17.6 Å². The monoisotopic (exact) mass is 336 g/mol. The predicted molar refractivity (Wildman–Crippen MR) is 96.9 cm³/mol. The van der Waals surface area contributed by atoms with Gasteiger partial charge in [-0.25, -0.2) is 0 Å². The Morgan fingerprint density at radius 3 is 2.88 bits per heavy atom. The SMILES string of the molecule is CCCn1nc2c(c1C)[C@H](c1cc(=O)c3ccccc3[nH]1)CC(=O)N2. The van der Waals surface area contributed by atoms with E-state index in [1.165, 1.54) is 0 Å². The summed E-state index contributed by atoms with van der Waals surface area (Å²) < 4.78 is 1.93. The number of H-pyrrole nitrogens is 1. The Hall–Kier alpha value is -2.89. The molecule has 6 heteroatoms. The lowest BCUT2D eigenvalue weighted by Crippen LogP contribution is -2.24. The highest BCUT2D eigenvalue weighted by atomic mass is 16.1. The Labute approximate surface area is 144 Å². The highest BCUT2D eigenvalue weighted by Crippen LogP contribution is 2.38. The average molecular weight is 336 g/mol. The van der Waals surface area contributed by atoms with Crippen molar-refractivity contribution >= 4 is 22.6 Å². The normalized spacial score (nSPS) is 16.7. The second kappa shape index (κ2) is 5.88. The van der Waals surface area contributed by atoms with Gasteiger partial charge in [-0.15, -0.1) is 0 Å². The summed E-state index contributed by atoms with van der Waals surface area (Å²) in [5.74, 6) is 0.348. The van der Waals surface area contributed by atoms with Crippen molar-refractivity contribution in [2.75, 3.05) is 5.32 Å². The van der Waals surface area contributed by atoms with E-state index in [1.54, 1.807) is 6.07 Å². The van der Waals surface area contributed by atoms with Gasteiger partial charge in [0, 0.05) is 52.8 Å². The van der Waals surface area contributed by atoms with Crippen LogP contribution in [0.3, 0.4) is 0 Å². The van der Waals surface area contributed by atoms with Crippen LogP contribution in [0.15, 0.2) is 35.1 Å². The van der Waals surface area contributed by atoms with Crippen molar-refractivity contribution in [3.05, 3.63) is 57.5 Å². The van der Waals surface area contributed by atoms with Crippen molar-refractivity contribution in [3.63, 3.8) is 0 Å². The minimum atomic E-state index is -0.188. The molecule has 0 spiro atoms. The fraction of sp³-hybridized carbons (Fsp3) is 0.316. The highest BCUT2D eigenvalue weighted by Gasteiger charge is 2.32. The van der Waals surface area contributed by atoms with Crippen molar-refractivity contribution in [2.45, 2.75) is 39.2 Å². The number of fused-ring (bicyclic) bond motifs is 2. The number of aryl methyl sites for hydroxylation is 1. The molecular weight excluding hydrogens is 316 g/mol. The molecule has 1 aliphatic rings. The summed E-state index contributed by atoms with van der Waals surface area (Å²) in [7, 11) is 0. The number of nitrogens with one attached hydrogen (secondary N) is 2. The Morgan fingerprint density at radius 1 is 1.28 bits per heavy atom. The van der Waals surface area contributed by atoms with Gasteiger partial charge in [-0.05, 0) is 25.5 Å². The van der Waals surface area contributed by atoms with Crippen LogP contribution in [-0.4, -0.2) is 20.7 Å². The molecular formula is C19H20N4O2. The van der Waals surface area contributed by atoms with E-state index in [2.05, 4.69) is 22.3 Å². The smallest absolute Gasteiger partial charge is 0.226 e. The molecule has 0 bridgehead atoms. The second-order valence-electron chi connectivity index (χ2n) is 6.51.